The molecule has 0 aliphatic rings. The smallest absolute Gasteiger partial charge is 0.219 e. The number of benzene rings is 1. The highest BCUT2D eigenvalue weighted by molar-refractivity contribution is 6.90. The van der Waals surface area contributed by atoms with Crippen molar-refractivity contribution in [3.8, 4) is 5.75 Å². The summed E-state index contributed by atoms with van der Waals surface area (Å²) < 4.78 is 5.14. The number of carbonyl (C=O) groups excluding carboxylic acids is 1. The van der Waals surface area contributed by atoms with Gasteiger partial charge in [0.1, 0.15) is 13.8 Å². The van der Waals surface area contributed by atoms with Gasteiger partial charge in [0.15, 0.2) is 0 Å². The normalized spacial score (nSPS) is 11.1. The lowest BCUT2D eigenvalue weighted by Crippen LogP contribution is -2.51. The monoisotopic (exact) mass is 251 g/mol. The Morgan fingerprint density at radius 2 is 1.88 bits per heavy atom. The lowest BCUT2D eigenvalue weighted by atomic mass is 10.3. The number of rotatable bonds is 5. The summed E-state index contributed by atoms with van der Waals surface area (Å²) in [5, 5.41) is 4.32. The first-order chi connectivity index (χ1) is 7.99. The van der Waals surface area contributed by atoms with Gasteiger partial charge in [-0.1, -0.05) is 37.3 Å². The molecule has 0 heterocycles. The highest BCUT2D eigenvalue weighted by atomic mass is 28.3. The van der Waals surface area contributed by atoms with E-state index in [1.54, 1.807) is 7.11 Å². The van der Waals surface area contributed by atoms with Gasteiger partial charge in [-0.05, 0) is 12.1 Å². The van der Waals surface area contributed by atoms with Gasteiger partial charge in [0.25, 0.3) is 0 Å². The fourth-order valence-electron chi connectivity index (χ4n) is 1.59. The van der Waals surface area contributed by atoms with Crippen molar-refractivity contribution in [2.45, 2.75) is 26.4 Å². The molecule has 0 spiro atoms. The molecule has 0 atom stereocenters. The average molecular weight is 251 g/mol. The van der Waals surface area contributed by atoms with E-state index in [1.807, 2.05) is 19.1 Å². The first kappa shape index (κ1) is 13.8. The summed E-state index contributed by atoms with van der Waals surface area (Å²) in [6.45, 7) is 6.38. The maximum absolute atomic E-state index is 11.3. The molecule has 0 fully saturated rings. The number of amides is 1. The van der Waals surface area contributed by atoms with Crippen LogP contribution in [0.1, 0.15) is 13.3 Å². The lowest BCUT2D eigenvalue weighted by molar-refractivity contribution is -0.120. The van der Waals surface area contributed by atoms with Crippen LogP contribution < -0.4 is 15.2 Å². The van der Waals surface area contributed by atoms with E-state index in [0.29, 0.717) is 6.42 Å². The van der Waals surface area contributed by atoms with Gasteiger partial charge in [-0.15, -0.1) is 0 Å². The Bertz CT molecular complexity index is 374. The van der Waals surface area contributed by atoms with Crippen molar-refractivity contribution in [1.29, 1.82) is 0 Å². The van der Waals surface area contributed by atoms with E-state index >= 15 is 0 Å². The zero-order valence-corrected chi connectivity index (χ0v) is 12.0. The molecule has 0 aliphatic heterocycles. The minimum atomic E-state index is -1.58. The molecule has 0 saturated carbocycles. The van der Waals surface area contributed by atoms with Crippen molar-refractivity contribution in [3.05, 3.63) is 24.3 Å². The van der Waals surface area contributed by atoms with Crippen LogP contribution in [0.5, 0.6) is 5.75 Å². The molecule has 1 aromatic carbocycles. The largest absolute Gasteiger partial charge is 0.497 e. The average Bonchev–Trinajstić information content (AvgIpc) is 2.36. The van der Waals surface area contributed by atoms with Crippen LogP contribution in [0, 0.1) is 0 Å². The summed E-state index contributed by atoms with van der Waals surface area (Å²) in [7, 11) is 0.0841. The van der Waals surface area contributed by atoms with E-state index in [0.717, 1.165) is 11.9 Å². The van der Waals surface area contributed by atoms with Crippen molar-refractivity contribution in [2.75, 3.05) is 13.3 Å². The Balaban J connectivity index is 2.70. The van der Waals surface area contributed by atoms with Gasteiger partial charge in [0.05, 0.1) is 7.11 Å². The fourth-order valence-corrected chi connectivity index (χ4v) is 3.50. The molecule has 0 aliphatic carbocycles. The van der Waals surface area contributed by atoms with Crippen LogP contribution >= 0.6 is 0 Å². The van der Waals surface area contributed by atoms with Gasteiger partial charge in [0, 0.05) is 12.6 Å². The molecule has 0 radical (unpaired) electrons. The second-order valence-electron chi connectivity index (χ2n) is 4.74. The second kappa shape index (κ2) is 5.86. The van der Waals surface area contributed by atoms with Gasteiger partial charge >= 0.3 is 0 Å². The third-order valence-corrected chi connectivity index (χ3v) is 5.88. The third kappa shape index (κ3) is 3.89. The zero-order chi connectivity index (χ0) is 12.9. The second-order valence-corrected chi connectivity index (χ2v) is 9.44. The number of carbonyl (C=O) groups is 1. The number of hydrogen-bond acceptors (Lipinski definition) is 2. The molecule has 94 valence electrons. The summed E-state index contributed by atoms with van der Waals surface area (Å²) >= 11 is 0. The highest BCUT2D eigenvalue weighted by Gasteiger charge is 2.23. The van der Waals surface area contributed by atoms with Crippen molar-refractivity contribution in [2.24, 2.45) is 0 Å². The van der Waals surface area contributed by atoms with Crippen LogP contribution in [-0.4, -0.2) is 27.3 Å². The molecule has 1 amide bonds. The summed E-state index contributed by atoms with van der Waals surface area (Å²) in [5.41, 5.74) is 0. The van der Waals surface area contributed by atoms with Gasteiger partial charge in [0.2, 0.25) is 5.91 Å². The summed E-state index contributed by atoms with van der Waals surface area (Å²) in [5.74, 6) is 0.996. The molecule has 1 N–H and O–H groups in total. The molecule has 0 saturated heterocycles. The van der Waals surface area contributed by atoms with Crippen molar-refractivity contribution in [1.82, 2.24) is 5.32 Å². The van der Waals surface area contributed by atoms with Gasteiger partial charge in [-0.2, -0.15) is 0 Å². The lowest BCUT2D eigenvalue weighted by Gasteiger charge is -2.23. The van der Waals surface area contributed by atoms with E-state index in [4.69, 9.17) is 4.74 Å². The van der Waals surface area contributed by atoms with Crippen LogP contribution in [-0.2, 0) is 4.79 Å². The summed E-state index contributed by atoms with van der Waals surface area (Å²) in [6, 6.07) is 8.16. The van der Waals surface area contributed by atoms with Gasteiger partial charge in [-0.3, -0.25) is 4.79 Å². The third-order valence-electron chi connectivity index (χ3n) is 2.92. The van der Waals surface area contributed by atoms with Crippen LogP contribution in [0.3, 0.4) is 0 Å². The molecular weight excluding hydrogens is 230 g/mol. The molecule has 0 bridgehead atoms. The van der Waals surface area contributed by atoms with Crippen LogP contribution in [0.25, 0.3) is 0 Å². The fraction of sp³-hybridized carbons (Fsp3) is 0.462. The minimum Gasteiger partial charge on any atom is -0.497 e. The Morgan fingerprint density at radius 3 is 2.35 bits per heavy atom. The van der Waals surface area contributed by atoms with Gasteiger partial charge < -0.3 is 10.1 Å². The quantitative estimate of drug-likeness (QED) is 0.809. The van der Waals surface area contributed by atoms with Crippen molar-refractivity contribution in [3.63, 3.8) is 0 Å². The number of hydrogen-bond donors (Lipinski definition) is 1. The Morgan fingerprint density at radius 1 is 1.29 bits per heavy atom. The van der Waals surface area contributed by atoms with Crippen LogP contribution in [0.2, 0.25) is 13.1 Å². The van der Waals surface area contributed by atoms with Crippen LogP contribution in [0.4, 0.5) is 0 Å². The minimum absolute atomic E-state index is 0.124. The molecule has 1 aromatic rings. The van der Waals surface area contributed by atoms with Gasteiger partial charge in [-0.25, -0.2) is 0 Å². The predicted octanol–water partition coefficient (Wildman–Crippen LogP) is 1.68. The molecular formula is C13H21NO2Si. The molecule has 0 aromatic heterocycles. The van der Waals surface area contributed by atoms with E-state index < -0.39 is 8.07 Å². The van der Waals surface area contributed by atoms with E-state index in [9.17, 15) is 4.79 Å². The maximum Gasteiger partial charge on any atom is 0.219 e. The Hall–Kier alpha value is -1.29. The molecule has 4 heteroatoms. The molecule has 3 nitrogen and oxygen atoms in total. The highest BCUT2D eigenvalue weighted by Crippen LogP contribution is 2.09. The first-order valence-corrected chi connectivity index (χ1v) is 9.11. The standard InChI is InChI=1S/C13H21NO2Si/c1-5-13(15)14-10-17(3,4)12-8-6-11(16-2)7-9-12/h6-9H,5,10H2,1-4H3,(H,14,15). The summed E-state index contributed by atoms with van der Waals surface area (Å²) in [4.78, 5) is 11.3. The number of methoxy groups -OCH3 is 1. The topological polar surface area (TPSA) is 38.3 Å². The van der Waals surface area contributed by atoms with E-state index in [1.165, 1.54) is 5.19 Å². The SMILES string of the molecule is CCC(=O)NC[Si](C)(C)c1ccc(OC)cc1. The number of ether oxygens (including phenoxy) is 1. The predicted molar refractivity (Wildman–Crippen MR) is 73.4 cm³/mol. The van der Waals surface area contributed by atoms with Crippen LogP contribution in [0.15, 0.2) is 24.3 Å². The molecule has 0 unspecified atom stereocenters. The van der Waals surface area contributed by atoms with E-state index in [-0.39, 0.29) is 5.91 Å². The Labute approximate surface area is 104 Å². The summed E-state index contributed by atoms with van der Waals surface area (Å²) in [6.07, 6.45) is 1.33. The maximum atomic E-state index is 11.3. The van der Waals surface area contributed by atoms with E-state index in [2.05, 4.69) is 30.5 Å². The first-order valence-electron chi connectivity index (χ1n) is 5.91. The van der Waals surface area contributed by atoms with Crippen molar-refractivity contribution < 1.29 is 9.53 Å². The van der Waals surface area contributed by atoms with Crippen molar-refractivity contribution >= 4 is 19.2 Å². The Kier molecular flexibility index (Phi) is 4.75. The molecule has 17 heavy (non-hydrogen) atoms. The zero-order valence-electron chi connectivity index (χ0n) is 11.0. The molecule has 1 rings (SSSR count). The number of nitrogens with one attached hydrogen (secondary N) is 1.